The van der Waals surface area contributed by atoms with Gasteiger partial charge in [0.1, 0.15) is 0 Å². The van der Waals surface area contributed by atoms with Crippen LogP contribution in [0.5, 0.6) is 0 Å². The van der Waals surface area contributed by atoms with Crippen molar-refractivity contribution in [2.24, 2.45) is 0 Å². The number of aliphatic carboxylic acids is 1. The molecule has 0 aliphatic heterocycles. The molecule has 0 heterocycles. The number of Topliss-reactive ketones (excluding diaryl/α,β-unsaturated/α-hetero) is 1. The zero-order valence-corrected chi connectivity index (χ0v) is 9.98. The van der Waals surface area contributed by atoms with Gasteiger partial charge >= 0.3 is 5.97 Å². The van der Waals surface area contributed by atoms with Gasteiger partial charge in [0.2, 0.25) is 0 Å². The Kier molecular flexibility index (Phi) is 3.42. The maximum absolute atomic E-state index is 11.5. The molecule has 0 unspecified atom stereocenters. The van der Waals surface area contributed by atoms with Crippen LogP contribution in [-0.4, -0.2) is 16.9 Å². The van der Waals surface area contributed by atoms with E-state index in [1.54, 1.807) is 12.1 Å². The van der Waals surface area contributed by atoms with Crippen LogP contribution < -0.4 is 0 Å². The Hall–Kier alpha value is -2.16. The number of carboxylic acid groups (broad SMARTS) is 1. The molecule has 0 bridgehead atoms. The normalized spacial score (nSPS) is 17.1. The third kappa shape index (κ3) is 2.56. The van der Waals surface area contributed by atoms with E-state index in [2.05, 4.69) is 6.58 Å². The molecule has 0 atom stereocenters. The lowest BCUT2D eigenvalue weighted by Crippen LogP contribution is -1.97. The Morgan fingerprint density at radius 1 is 1.22 bits per heavy atom. The van der Waals surface area contributed by atoms with E-state index < -0.39 is 5.97 Å². The predicted octanol–water partition coefficient (Wildman–Crippen LogP) is 2.92. The third-order valence-electron chi connectivity index (χ3n) is 3.07. The summed E-state index contributed by atoms with van der Waals surface area (Å²) in [6.45, 7) is 3.50. The lowest BCUT2D eigenvalue weighted by atomic mass is 10.0. The van der Waals surface area contributed by atoms with Crippen LogP contribution in [0.25, 0.3) is 11.6 Å². The average molecular weight is 242 g/mol. The number of carbonyl (C=O) groups excluding carboxylic acids is 1. The first-order chi connectivity index (χ1) is 8.58. The Morgan fingerprint density at radius 2 is 1.89 bits per heavy atom. The standard InChI is InChI=1S/C15H14O3/c1-10(15(17)18)12-7-5-11(6-8-12)9-13-3-2-4-14(13)16/h5-9H,1-4H2,(H,17,18)/b13-9+. The van der Waals surface area contributed by atoms with Crippen LogP contribution in [0.4, 0.5) is 0 Å². The minimum atomic E-state index is -1.02. The molecule has 1 aliphatic rings. The summed E-state index contributed by atoms with van der Waals surface area (Å²) in [6, 6.07) is 7.04. The van der Waals surface area contributed by atoms with Gasteiger partial charge < -0.3 is 5.11 Å². The van der Waals surface area contributed by atoms with E-state index in [-0.39, 0.29) is 11.4 Å². The summed E-state index contributed by atoms with van der Waals surface area (Å²) in [7, 11) is 0. The van der Waals surface area contributed by atoms with Crippen molar-refractivity contribution < 1.29 is 14.7 Å². The molecule has 0 amide bonds. The van der Waals surface area contributed by atoms with Gasteiger partial charge in [-0.05, 0) is 35.6 Å². The highest BCUT2D eigenvalue weighted by Gasteiger charge is 2.16. The van der Waals surface area contributed by atoms with Crippen LogP contribution in [0.15, 0.2) is 36.4 Å². The molecule has 0 spiro atoms. The van der Waals surface area contributed by atoms with Crippen molar-refractivity contribution in [1.82, 2.24) is 0 Å². The van der Waals surface area contributed by atoms with E-state index in [0.29, 0.717) is 12.0 Å². The molecule has 92 valence electrons. The summed E-state index contributed by atoms with van der Waals surface area (Å²) in [5.41, 5.74) is 2.44. The SMILES string of the molecule is C=C(C(=O)O)c1ccc(/C=C2\CCCC2=O)cc1. The minimum Gasteiger partial charge on any atom is -0.478 e. The van der Waals surface area contributed by atoms with Gasteiger partial charge in [0.25, 0.3) is 0 Å². The molecule has 1 saturated carbocycles. The van der Waals surface area contributed by atoms with Gasteiger partial charge in [-0.25, -0.2) is 4.79 Å². The maximum Gasteiger partial charge on any atom is 0.335 e. The fourth-order valence-electron chi connectivity index (χ4n) is 2.00. The quantitative estimate of drug-likeness (QED) is 0.829. The van der Waals surface area contributed by atoms with Crippen molar-refractivity contribution >= 4 is 23.4 Å². The number of hydrogen-bond acceptors (Lipinski definition) is 2. The van der Waals surface area contributed by atoms with E-state index in [1.165, 1.54) is 0 Å². The first-order valence-electron chi connectivity index (χ1n) is 5.84. The summed E-state index contributed by atoms with van der Waals surface area (Å²) >= 11 is 0. The van der Waals surface area contributed by atoms with Crippen molar-refractivity contribution in [2.75, 3.05) is 0 Å². The first kappa shape index (κ1) is 12.3. The number of ketones is 1. The largest absolute Gasteiger partial charge is 0.478 e. The summed E-state index contributed by atoms with van der Waals surface area (Å²) in [6.07, 6.45) is 4.28. The van der Waals surface area contributed by atoms with Crippen molar-refractivity contribution in [3.05, 3.63) is 47.5 Å². The molecule has 18 heavy (non-hydrogen) atoms. The zero-order valence-electron chi connectivity index (χ0n) is 9.98. The van der Waals surface area contributed by atoms with E-state index in [0.717, 1.165) is 24.0 Å². The molecule has 3 nitrogen and oxygen atoms in total. The van der Waals surface area contributed by atoms with E-state index in [1.807, 2.05) is 18.2 Å². The highest BCUT2D eigenvalue weighted by molar-refractivity contribution is 6.14. The number of hydrogen-bond donors (Lipinski definition) is 1. The van der Waals surface area contributed by atoms with E-state index in [9.17, 15) is 9.59 Å². The molecule has 0 aromatic heterocycles. The van der Waals surface area contributed by atoms with E-state index in [4.69, 9.17) is 5.11 Å². The lowest BCUT2D eigenvalue weighted by molar-refractivity contribution is -0.130. The van der Waals surface area contributed by atoms with Crippen molar-refractivity contribution in [2.45, 2.75) is 19.3 Å². The Balaban J connectivity index is 2.20. The molecule has 1 aliphatic carbocycles. The second-order valence-corrected chi connectivity index (χ2v) is 4.35. The number of rotatable bonds is 3. The smallest absolute Gasteiger partial charge is 0.335 e. The molecule has 1 aromatic carbocycles. The number of allylic oxidation sites excluding steroid dienone is 1. The van der Waals surface area contributed by atoms with Crippen LogP contribution in [0.1, 0.15) is 30.4 Å². The fourth-order valence-corrected chi connectivity index (χ4v) is 2.00. The zero-order chi connectivity index (χ0) is 13.1. The molecular weight excluding hydrogens is 228 g/mol. The van der Waals surface area contributed by atoms with Gasteiger partial charge in [-0.15, -0.1) is 0 Å². The van der Waals surface area contributed by atoms with Gasteiger partial charge in [-0.1, -0.05) is 30.8 Å². The predicted molar refractivity (Wildman–Crippen MR) is 69.9 cm³/mol. The summed E-state index contributed by atoms with van der Waals surface area (Å²) in [5.74, 6) is -0.805. The Bertz CT molecular complexity index is 535. The van der Waals surface area contributed by atoms with E-state index >= 15 is 0 Å². The highest BCUT2D eigenvalue weighted by atomic mass is 16.4. The number of carboxylic acids is 1. The van der Waals surface area contributed by atoms with Crippen LogP contribution in [0.2, 0.25) is 0 Å². The molecule has 0 radical (unpaired) electrons. The molecule has 1 aromatic rings. The van der Waals surface area contributed by atoms with Gasteiger partial charge in [0.15, 0.2) is 5.78 Å². The molecule has 1 N–H and O–H groups in total. The van der Waals surface area contributed by atoms with Gasteiger partial charge in [0, 0.05) is 6.42 Å². The maximum atomic E-state index is 11.5. The van der Waals surface area contributed by atoms with Crippen molar-refractivity contribution in [1.29, 1.82) is 0 Å². The topological polar surface area (TPSA) is 54.4 Å². The second kappa shape index (κ2) is 5.00. The first-order valence-corrected chi connectivity index (χ1v) is 5.84. The third-order valence-corrected chi connectivity index (χ3v) is 3.07. The molecule has 1 fully saturated rings. The number of benzene rings is 1. The summed E-state index contributed by atoms with van der Waals surface area (Å²) in [4.78, 5) is 22.2. The van der Waals surface area contributed by atoms with Crippen molar-refractivity contribution in [3.8, 4) is 0 Å². The minimum absolute atomic E-state index is 0.0751. The van der Waals surface area contributed by atoms with Gasteiger partial charge in [-0.3, -0.25) is 4.79 Å². The highest BCUT2D eigenvalue weighted by Crippen LogP contribution is 2.23. The monoisotopic (exact) mass is 242 g/mol. The van der Waals surface area contributed by atoms with Crippen LogP contribution >= 0.6 is 0 Å². The van der Waals surface area contributed by atoms with Crippen LogP contribution in [0.3, 0.4) is 0 Å². The second-order valence-electron chi connectivity index (χ2n) is 4.35. The van der Waals surface area contributed by atoms with Crippen LogP contribution in [-0.2, 0) is 9.59 Å². The molecule has 2 rings (SSSR count). The van der Waals surface area contributed by atoms with Crippen LogP contribution in [0, 0.1) is 0 Å². The summed E-state index contributed by atoms with van der Waals surface area (Å²) in [5, 5.41) is 8.81. The van der Waals surface area contributed by atoms with Gasteiger partial charge in [0.05, 0.1) is 5.57 Å². The van der Waals surface area contributed by atoms with Gasteiger partial charge in [-0.2, -0.15) is 0 Å². The Labute approximate surface area is 105 Å². The van der Waals surface area contributed by atoms with Crippen molar-refractivity contribution in [3.63, 3.8) is 0 Å². The fraction of sp³-hybridized carbons (Fsp3) is 0.200. The molecule has 3 heteroatoms. The Morgan fingerprint density at radius 3 is 2.39 bits per heavy atom. The molecular formula is C15H14O3. The summed E-state index contributed by atoms with van der Waals surface area (Å²) < 4.78 is 0. The lowest BCUT2D eigenvalue weighted by Gasteiger charge is -2.02. The number of carbonyl (C=O) groups is 2. The average Bonchev–Trinajstić information content (AvgIpc) is 2.75. The molecule has 0 saturated heterocycles.